The van der Waals surface area contributed by atoms with Gasteiger partial charge in [-0.05, 0) is 60.4 Å². The summed E-state index contributed by atoms with van der Waals surface area (Å²) in [5.74, 6) is -2.36. The zero-order chi connectivity index (χ0) is 28.3. The van der Waals surface area contributed by atoms with Crippen molar-refractivity contribution in [2.24, 2.45) is 5.92 Å². The number of ketones is 1. The highest BCUT2D eigenvalue weighted by Crippen LogP contribution is 2.29. The van der Waals surface area contributed by atoms with Crippen LogP contribution >= 0.6 is 0 Å². The fourth-order valence-corrected chi connectivity index (χ4v) is 4.81. The molecule has 8 heteroatoms. The number of fused-ring (bicyclic) bond motifs is 1. The Bertz CT molecular complexity index is 1400. The maximum atomic E-state index is 13.9. The van der Waals surface area contributed by atoms with Crippen LogP contribution in [0.5, 0.6) is 0 Å². The minimum atomic E-state index is -0.825. The molecule has 3 aromatic carbocycles. The number of Topliss-reactive ketones (excluding diaryl/α,β-unsaturated/α-hetero) is 1. The summed E-state index contributed by atoms with van der Waals surface area (Å²) in [5.41, 5.74) is 4.17. The predicted octanol–water partition coefficient (Wildman–Crippen LogP) is 4.28. The number of para-hydroxylation sites is 1. The number of hydrogen-bond donors (Lipinski definition) is 1. The lowest BCUT2D eigenvalue weighted by molar-refractivity contribution is -0.140. The standard InChI is InChI=1S/C31H34N4O4/c1-20(2)28(30(38)32-23-14-16-24(17-15-23)33(4)5)35(18-22-11-7-6-10-21(22)3)27(36)19-34-26-13-9-8-12-25(26)29(37)31(34)39/h6-17,20,28H,18-19H2,1-5H3,(H,32,38)/t28-/m1/s1. The second kappa shape index (κ2) is 11.5. The van der Waals surface area contributed by atoms with Crippen LogP contribution in [0, 0.1) is 12.8 Å². The van der Waals surface area contributed by atoms with Crippen LogP contribution in [0.2, 0.25) is 0 Å². The molecule has 4 rings (SSSR count). The highest BCUT2D eigenvalue weighted by atomic mass is 16.2. The van der Waals surface area contributed by atoms with E-state index in [1.807, 2.05) is 88.3 Å². The molecule has 0 saturated carbocycles. The third-order valence-corrected chi connectivity index (χ3v) is 6.98. The first-order valence-corrected chi connectivity index (χ1v) is 13.0. The average Bonchev–Trinajstić information content (AvgIpc) is 3.14. The van der Waals surface area contributed by atoms with Crippen molar-refractivity contribution in [2.75, 3.05) is 35.8 Å². The van der Waals surface area contributed by atoms with E-state index in [1.54, 1.807) is 24.3 Å². The molecule has 0 unspecified atom stereocenters. The van der Waals surface area contributed by atoms with Crippen molar-refractivity contribution in [3.8, 4) is 0 Å². The number of aryl methyl sites for hydroxylation is 1. The van der Waals surface area contributed by atoms with Gasteiger partial charge in [0.05, 0.1) is 11.3 Å². The van der Waals surface area contributed by atoms with Gasteiger partial charge in [-0.1, -0.05) is 50.2 Å². The second-order valence-electron chi connectivity index (χ2n) is 10.3. The Balaban J connectivity index is 1.65. The van der Waals surface area contributed by atoms with Crippen LogP contribution in [0.4, 0.5) is 17.1 Å². The molecule has 0 spiro atoms. The number of amides is 3. The van der Waals surface area contributed by atoms with Crippen molar-refractivity contribution in [1.29, 1.82) is 0 Å². The lowest BCUT2D eigenvalue weighted by atomic mass is 9.99. The van der Waals surface area contributed by atoms with Gasteiger partial charge in [0.2, 0.25) is 11.8 Å². The molecule has 8 nitrogen and oxygen atoms in total. The molecule has 0 fully saturated rings. The molecule has 1 atom stereocenters. The molecule has 1 heterocycles. The smallest absolute Gasteiger partial charge is 0.299 e. The summed E-state index contributed by atoms with van der Waals surface area (Å²) >= 11 is 0. The highest BCUT2D eigenvalue weighted by molar-refractivity contribution is 6.52. The summed E-state index contributed by atoms with van der Waals surface area (Å²) in [6, 6.07) is 21.0. The number of anilines is 3. The van der Waals surface area contributed by atoms with E-state index in [0.29, 0.717) is 11.4 Å². The number of benzene rings is 3. The van der Waals surface area contributed by atoms with E-state index in [4.69, 9.17) is 0 Å². The minimum absolute atomic E-state index is 0.180. The third kappa shape index (κ3) is 5.85. The Labute approximate surface area is 229 Å². The second-order valence-corrected chi connectivity index (χ2v) is 10.3. The zero-order valence-corrected chi connectivity index (χ0v) is 23.0. The number of nitrogens with one attached hydrogen (secondary N) is 1. The van der Waals surface area contributed by atoms with E-state index in [2.05, 4.69) is 5.32 Å². The molecule has 0 saturated heterocycles. The monoisotopic (exact) mass is 526 g/mol. The molecule has 1 aliphatic heterocycles. The van der Waals surface area contributed by atoms with E-state index < -0.39 is 23.6 Å². The van der Waals surface area contributed by atoms with E-state index >= 15 is 0 Å². The van der Waals surface area contributed by atoms with Crippen molar-refractivity contribution in [3.05, 3.63) is 89.5 Å². The first-order valence-electron chi connectivity index (χ1n) is 13.0. The lowest BCUT2D eigenvalue weighted by Crippen LogP contribution is -2.53. The van der Waals surface area contributed by atoms with E-state index in [0.717, 1.165) is 16.8 Å². The Hall–Kier alpha value is -4.46. The minimum Gasteiger partial charge on any atom is -0.378 e. The van der Waals surface area contributed by atoms with Gasteiger partial charge in [-0.2, -0.15) is 0 Å². The van der Waals surface area contributed by atoms with Crippen molar-refractivity contribution in [3.63, 3.8) is 0 Å². The van der Waals surface area contributed by atoms with Crippen molar-refractivity contribution in [1.82, 2.24) is 4.90 Å². The molecule has 1 N–H and O–H groups in total. The van der Waals surface area contributed by atoms with Crippen LogP contribution in [0.15, 0.2) is 72.8 Å². The summed E-state index contributed by atoms with van der Waals surface area (Å²) in [4.78, 5) is 57.7. The lowest BCUT2D eigenvalue weighted by Gasteiger charge is -2.35. The highest BCUT2D eigenvalue weighted by Gasteiger charge is 2.39. The molecular formula is C31H34N4O4. The van der Waals surface area contributed by atoms with Gasteiger partial charge < -0.3 is 15.1 Å². The van der Waals surface area contributed by atoms with Gasteiger partial charge in [0, 0.05) is 32.0 Å². The number of hydrogen-bond acceptors (Lipinski definition) is 5. The van der Waals surface area contributed by atoms with Crippen molar-refractivity contribution in [2.45, 2.75) is 33.4 Å². The van der Waals surface area contributed by atoms with Crippen LogP contribution in [0.1, 0.15) is 35.3 Å². The van der Waals surface area contributed by atoms with Crippen LogP contribution < -0.4 is 15.1 Å². The fraction of sp³-hybridized carbons (Fsp3) is 0.290. The van der Waals surface area contributed by atoms with E-state index in [-0.39, 0.29) is 30.5 Å². The Morgan fingerprint density at radius 1 is 0.897 bits per heavy atom. The molecule has 0 aromatic heterocycles. The Morgan fingerprint density at radius 3 is 2.18 bits per heavy atom. The summed E-state index contributed by atoms with van der Waals surface area (Å²) in [5, 5.41) is 2.96. The van der Waals surface area contributed by atoms with E-state index in [9.17, 15) is 19.2 Å². The van der Waals surface area contributed by atoms with Crippen LogP contribution in [-0.4, -0.2) is 55.1 Å². The summed E-state index contributed by atoms with van der Waals surface area (Å²) < 4.78 is 0. The van der Waals surface area contributed by atoms with Gasteiger partial charge >= 0.3 is 0 Å². The number of carbonyl (C=O) groups excluding carboxylic acids is 4. The molecular weight excluding hydrogens is 492 g/mol. The third-order valence-electron chi connectivity index (χ3n) is 6.98. The summed E-state index contributed by atoms with van der Waals surface area (Å²) in [6.45, 7) is 5.56. The van der Waals surface area contributed by atoms with Gasteiger partial charge in [0.15, 0.2) is 0 Å². The molecule has 1 aliphatic rings. The van der Waals surface area contributed by atoms with E-state index in [1.165, 1.54) is 9.80 Å². The van der Waals surface area contributed by atoms with Gasteiger partial charge in [-0.25, -0.2) is 0 Å². The van der Waals surface area contributed by atoms with Gasteiger partial charge in [-0.15, -0.1) is 0 Å². The first-order chi connectivity index (χ1) is 18.6. The predicted molar refractivity (Wildman–Crippen MR) is 153 cm³/mol. The van der Waals surface area contributed by atoms with Crippen molar-refractivity contribution < 1.29 is 19.2 Å². The van der Waals surface area contributed by atoms with Gasteiger partial charge in [-0.3, -0.25) is 24.1 Å². The molecule has 0 radical (unpaired) electrons. The number of carbonyl (C=O) groups is 4. The molecule has 3 amide bonds. The topological polar surface area (TPSA) is 90.0 Å². The largest absolute Gasteiger partial charge is 0.378 e. The van der Waals surface area contributed by atoms with Crippen LogP contribution in [-0.2, 0) is 20.9 Å². The normalized spacial score (nSPS) is 13.3. The number of rotatable bonds is 9. The van der Waals surface area contributed by atoms with Gasteiger partial charge in [0.25, 0.3) is 11.7 Å². The molecule has 202 valence electrons. The number of nitrogens with zero attached hydrogens (tertiary/aromatic N) is 3. The van der Waals surface area contributed by atoms with Gasteiger partial charge in [0.1, 0.15) is 12.6 Å². The SMILES string of the molecule is Cc1ccccc1CN(C(=O)CN1C(=O)C(=O)c2ccccc21)[C@@H](C(=O)Nc1ccc(N(C)C)cc1)C(C)C. The average molecular weight is 527 g/mol. The quantitative estimate of drug-likeness (QED) is 0.421. The fourth-order valence-electron chi connectivity index (χ4n) is 4.81. The summed E-state index contributed by atoms with van der Waals surface area (Å²) in [6.07, 6.45) is 0. The molecule has 39 heavy (non-hydrogen) atoms. The van der Waals surface area contributed by atoms with Crippen LogP contribution in [0.25, 0.3) is 0 Å². The first kappa shape index (κ1) is 27.6. The molecule has 0 aliphatic carbocycles. The Kier molecular flexibility index (Phi) is 8.14. The molecule has 0 bridgehead atoms. The maximum absolute atomic E-state index is 13.9. The zero-order valence-electron chi connectivity index (χ0n) is 23.0. The van der Waals surface area contributed by atoms with Crippen molar-refractivity contribution >= 4 is 40.6 Å². The summed E-state index contributed by atoms with van der Waals surface area (Å²) in [7, 11) is 3.88. The Morgan fingerprint density at radius 2 is 1.54 bits per heavy atom. The van der Waals surface area contributed by atoms with Crippen LogP contribution in [0.3, 0.4) is 0 Å². The maximum Gasteiger partial charge on any atom is 0.299 e. The molecule has 3 aromatic rings.